The van der Waals surface area contributed by atoms with Crippen molar-refractivity contribution < 1.29 is 0 Å². The summed E-state index contributed by atoms with van der Waals surface area (Å²) in [6, 6.07) is 13.8. The number of halogens is 2. The van der Waals surface area contributed by atoms with E-state index in [9.17, 15) is 4.79 Å². The molecule has 25 heavy (non-hydrogen) atoms. The number of hydrogen-bond acceptors (Lipinski definition) is 3. The van der Waals surface area contributed by atoms with Gasteiger partial charge in [0.1, 0.15) is 0 Å². The second-order valence-electron chi connectivity index (χ2n) is 6.04. The summed E-state index contributed by atoms with van der Waals surface area (Å²) in [5, 5.41) is 0.596. The summed E-state index contributed by atoms with van der Waals surface area (Å²) in [5.41, 5.74) is 1.83. The van der Waals surface area contributed by atoms with Crippen LogP contribution < -0.4 is 10.5 Å². The van der Waals surface area contributed by atoms with Crippen LogP contribution in [0.4, 0.5) is 5.95 Å². The highest BCUT2D eigenvalue weighted by Crippen LogP contribution is 2.32. The van der Waals surface area contributed by atoms with Crippen molar-refractivity contribution in [3.05, 3.63) is 80.0 Å². The van der Waals surface area contributed by atoms with Crippen LogP contribution in [-0.4, -0.2) is 16.1 Å². The average molecular weight is 461 g/mol. The van der Waals surface area contributed by atoms with E-state index in [2.05, 4.69) is 55.5 Å². The minimum absolute atomic E-state index is 0.0394. The Bertz CT molecular complexity index is 1030. The molecule has 1 atom stereocenters. The first-order valence-corrected chi connectivity index (χ1v) is 9.50. The second kappa shape index (κ2) is 6.42. The van der Waals surface area contributed by atoms with Crippen molar-refractivity contribution in [3.8, 4) is 0 Å². The quantitative estimate of drug-likeness (QED) is 0.533. The van der Waals surface area contributed by atoms with Crippen LogP contribution in [0.5, 0.6) is 0 Å². The Labute approximate surface area is 162 Å². The van der Waals surface area contributed by atoms with Crippen LogP contribution in [-0.2, 0) is 6.54 Å². The number of fused-ring (bicyclic) bond motifs is 2. The molecular formula is C19H15Br2N3O. The molecule has 0 saturated heterocycles. The van der Waals surface area contributed by atoms with E-state index in [0.29, 0.717) is 29.9 Å². The molecule has 1 aliphatic rings. The monoisotopic (exact) mass is 459 g/mol. The summed E-state index contributed by atoms with van der Waals surface area (Å²) in [6.45, 7) is 5.30. The molecule has 0 bridgehead atoms. The first-order valence-electron chi connectivity index (χ1n) is 7.91. The lowest BCUT2D eigenvalue weighted by Crippen LogP contribution is -2.23. The van der Waals surface area contributed by atoms with Crippen molar-refractivity contribution in [2.24, 2.45) is 0 Å². The Balaban J connectivity index is 1.91. The van der Waals surface area contributed by atoms with Crippen molar-refractivity contribution in [1.29, 1.82) is 0 Å². The fourth-order valence-electron chi connectivity index (χ4n) is 3.25. The molecule has 4 nitrogen and oxygen atoms in total. The van der Waals surface area contributed by atoms with Gasteiger partial charge in [0.25, 0.3) is 5.56 Å². The number of anilines is 1. The van der Waals surface area contributed by atoms with E-state index in [-0.39, 0.29) is 11.6 Å². The predicted molar refractivity (Wildman–Crippen MR) is 108 cm³/mol. The topological polar surface area (TPSA) is 38.1 Å². The SMILES string of the molecule is C=C[C@@H]1CN(Cc2ccccc2)c2nc3c(Br)cc(Br)cc3c(=O)n21. The van der Waals surface area contributed by atoms with Gasteiger partial charge >= 0.3 is 0 Å². The summed E-state index contributed by atoms with van der Waals surface area (Å²) >= 11 is 6.98. The summed E-state index contributed by atoms with van der Waals surface area (Å²) in [5.74, 6) is 0.689. The van der Waals surface area contributed by atoms with Crippen LogP contribution in [0.3, 0.4) is 0 Å². The second-order valence-corrected chi connectivity index (χ2v) is 7.81. The molecule has 6 heteroatoms. The highest BCUT2D eigenvalue weighted by Gasteiger charge is 2.30. The molecule has 0 spiro atoms. The number of aromatic nitrogens is 2. The Morgan fingerprint density at radius 3 is 2.72 bits per heavy atom. The summed E-state index contributed by atoms with van der Waals surface area (Å²) < 4.78 is 3.40. The fraction of sp³-hybridized carbons (Fsp3) is 0.158. The Morgan fingerprint density at radius 1 is 1.24 bits per heavy atom. The number of rotatable bonds is 3. The Hall–Kier alpha value is -1.92. The number of benzene rings is 2. The molecule has 0 saturated carbocycles. The van der Waals surface area contributed by atoms with Crippen LogP contribution in [0.15, 0.2) is 68.9 Å². The van der Waals surface area contributed by atoms with Crippen LogP contribution in [0.2, 0.25) is 0 Å². The van der Waals surface area contributed by atoms with E-state index in [0.717, 1.165) is 8.95 Å². The predicted octanol–water partition coefficient (Wildman–Crippen LogP) is 4.67. The molecular weight excluding hydrogens is 446 g/mol. The van der Waals surface area contributed by atoms with Gasteiger partial charge in [0.05, 0.1) is 16.9 Å². The molecule has 2 heterocycles. The van der Waals surface area contributed by atoms with E-state index in [1.165, 1.54) is 5.56 Å². The zero-order valence-corrected chi connectivity index (χ0v) is 16.5. The third-order valence-electron chi connectivity index (χ3n) is 4.41. The van der Waals surface area contributed by atoms with E-state index in [1.54, 1.807) is 4.57 Å². The van der Waals surface area contributed by atoms with Gasteiger partial charge in [-0.2, -0.15) is 0 Å². The number of hydrogen-bond donors (Lipinski definition) is 0. The normalized spacial score (nSPS) is 16.2. The minimum atomic E-state index is -0.0825. The van der Waals surface area contributed by atoms with Gasteiger partial charge in [0.15, 0.2) is 0 Å². The lowest BCUT2D eigenvalue weighted by molar-refractivity contribution is 0.657. The van der Waals surface area contributed by atoms with E-state index < -0.39 is 0 Å². The third kappa shape index (κ3) is 2.83. The molecule has 0 fully saturated rings. The van der Waals surface area contributed by atoms with Gasteiger partial charge in [-0.05, 0) is 33.6 Å². The van der Waals surface area contributed by atoms with Crippen molar-refractivity contribution in [1.82, 2.24) is 9.55 Å². The summed E-state index contributed by atoms with van der Waals surface area (Å²) in [4.78, 5) is 20.0. The molecule has 0 amide bonds. The maximum atomic E-state index is 13.1. The highest BCUT2D eigenvalue weighted by atomic mass is 79.9. The Kier molecular flexibility index (Phi) is 4.25. The zero-order valence-electron chi connectivity index (χ0n) is 13.3. The third-order valence-corrected chi connectivity index (χ3v) is 5.48. The molecule has 0 radical (unpaired) electrons. The molecule has 3 aromatic rings. The lowest BCUT2D eigenvalue weighted by Gasteiger charge is -2.17. The molecule has 1 aliphatic heterocycles. The molecule has 1 aromatic heterocycles. The zero-order chi connectivity index (χ0) is 17.6. The van der Waals surface area contributed by atoms with Crippen molar-refractivity contribution >= 4 is 48.7 Å². The Morgan fingerprint density at radius 2 is 2.00 bits per heavy atom. The first kappa shape index (κ1) is 16.5. The van der Waals surface area contributed by atoms with Crippen LogP contribution in [0.1, 0.15) is 11.6 Å². The molecule has 126 valence electrons. The van der Waals surface area contributed by atoms with Crippen LogP contribution in [0, 0.1) is 0 Å². The van der Waals surface area contributed by atoms with E-state index in [4.69, 9.17) is 4.98 Å². The molecule has 0 N–H and O–H groups in total. The highest BCUT2D eigenvalue weighted by molar-refractivity contribution is 9.11. The fourth-order valence-corrected chi connectivity index (χ4v) is 4.56. The molecule has 2 aromatic carbocycles. The minimum Gasteiger partial charge on any atom is -0.335 e. The van der Waals surface area contributed by atoms with Gasteiger partial charge in [-0.3, -0.25) is 9.36 Å². The molecule has 0 unspecified atom stereocenters. The van der Waals surface area contributed by atoms with Gasteiger partial charge in [-0.25, -0.2) is 4.98 Å². The van der Waals surface area contributed by atoms with Gasteiger partial charge < -0.3 is 4.90 Å². The lowest BCUT2D eigenvalue weighted by atomic mass is 10.2. The van der Waals surface area contributed by atoms with E-state index in [1.807, 2.05) is 36.4 Å². The smallest absolute Gasteiger partial charge is 0.263 e. The van der Waals surface area contributed by atoms with Gasteiger partial charge in [0, 0.05) is 22.0 Å². The molecule has 0 aliphatic carbocycles. The molecule has 4 rings (SSSR count). The van der Waals surface area contributed by atoms with E-state index >= 15 is 0 Å². The van der Waals surface area contributed by atoms with Gasteiger partial charge in [-0.1, -0.05) is 52.3 Å². The standard InChI is InChI=1S/C19H15Br2N3O/c1-2-14-11-23(10-12-6-4-3-5-7-12)19-22-17-15(18(25)24(14)19)8-13(20)9-16(17)21/h2-9,14H,1,10-11H2/t14-/m1/s1. The first-order chi connectivity index (χ1) is 12.1. The summed E-state index contributed by atoms with van der Waals surface area (Å²) in [7, 11) is 0. The summed E-state index contributed by atoms with van der Waals surface area (Å²) in [6.07, 6.45) is 1.82. The largest absolute Gasteiger partial charge is 0.335 e. The number of nitrogens with zero attached hydrogens (tertiary/aromatic N) is 3. The van der Waals surface area contributed by atoms with Crippen molar-refractivity contribution in [2.75, 3.05) is 11.4 Å². The van der Waals surface area contributed by atoms with Crippen LogP contribution >= 0.6 is 31.9 Å². The van der Waals surface area contributed by atoms with Crippen molar-refractivity contribution in [3.63, 3.8) is 0 Å². The van der Waals surface area contributed by atoms with Crippen LogP contribution in [0.25, 0.3) is 10.9 Å². The average Bonchev–Trinajstić information content (AvgIpc) is 2.95. The van der Waals surface area contributed by atoms with Gasteiger partial charge in [-0.15, -0.1) is 6.58 Å². The maximum absolute atomic E-state index is 13.1. The van der Waals surface area contributed by atoms with Crippen molar-refractivity contribution in [2.45, 2.75) is 12.6 Å². The maximum Gasteiger partial charge on any atom is 0.263 e. The van der Waals surface area contributed by atoms with Gasteiger partial charge in [0.2, 0.25) is 5.95 Å².